The first-order valence-electron chi connectivity index (χ1n) is 10.7. The van der Waals surface area contributed by atoms with Crippen molar-refractivity contribution < 1.29 is 14.3 Å². The predicted molar refractivity (Wildman–Crippen MR) is 107 cm³/mol. The van der Waals surface area contributed by atoms with Crippen LogP contribution in [0.4, 0.5) is 5.69 Å². The number of nitrogens with one attached hydrogen (secondary N) is 1. The quantitative estimate of drug-likeness (QED) is 0.760. The summed E-state index contributed by atoms with van der Waals surface area (Å²) in [7, 11) is 0. The molecule has 1 aromatic rings. The summed E-state index contributed by atoms with van der Waals surface area (Å²) >= 11 is 0. The number of ether oxygens (including phenoxy) is 1. The van der Waals surface area contributed by atoms with Gasteiger partial charge in [0, 0.05) is 12.7 Å². The van der Waals surface area contributed by atoms with Crippen molar-refractivity contribution in [1.29, 1.82) is 0 Å². The van der Waals surface area contributed by atoms with Crippen LogP contribution in [0.1, 0.15) is 83.6 Å². The van der Waals surface area contributed by atoms with Gasteiger partial charge in [-0.05, 0) is 76.0 Å². The third-order valence-corrected chi connectivity index (χ3v) is 6.98. The molecule has 6 heteroatoms. The Labute approximate surface area is 167 Å². The van der Waals surface area contributed by atoms with Crippen molar-refractivity contribution in [2.24, 2.45) is 22.2 Å². The molecule has 4 bridgehead atoms. The summed E-state index contributed by atoms with van der Waals surface area (Å²) in [6.45, 7) is 10.9. The first kappa shape index (κ1) is 19.5. The second-order valence-electron chi connectivity index (χ2n) is 10.6. The summed E-state index contributed by atoms with van der Waals surface area (Å²) in [5.41, 5.74) is 0.877. The molecule has 4 aliphatic rings. The Hall–Kier alpha value is -1.85. The monoisotopic (exact) mass is 387 g/mol. The van der Waals surface area contributed by atoms with Crippen molar-refractivity contribution >= 4 is 17.6 Å². The molecule has 1 aromatic heterocycles. The first-order chi connectivity index (χ1) is 13.1. The van der Waals surface area contributed by atoms with Gasteiger partial charge in [0.2, 0.25) is 5.91 Å². The van der Waals surface area contributed by atoms with Gasteiger partial charge in [-0.25, -0.2) is 4.79 Å². The Bertz CT molecular complexity index is 794. The Kier molecular flexibility index (Phi) is 4.40. The van der Waals surface area contributed by atoms with E-state index < -0.39 is 5.97 Å². The average Bonchev–Trinajstić information content (AvgIpc) is 2.94. The molecule has 4 fully saturated rings. The van der Waals surface area contributed by atoms with Gasteiger partial charge in [-0.2, -0.15) is 5.10 Å². The van der Waals surface area contributed by atoms with Crippen LogP contribution in [0, 0.1) is 22.2 Å². The van der Waals surface area contributed by atoms with Crippen LogP contribution in [0.25, 0.3) is 0 Å². The molecule has 1 heterocycles. The minimum atomic E-state index is -0.484. The molecule has 154 valence electrons. The van der Waals surface area contributed by atoms with Crippen molar-refractivity contribution in [3.8, 4) is 0 Å². The average molecular weight is 388 g/mol. The SMILES string of the molecule is CCn1cc(NC(=O)C23CC4C[C@@](C)(C2)C[C@](C)(C4)C3)c(C(=O)OC(C)C)n1. The molecule has 0 saturated heterocycles. The first-order valence-corrected chi connectivity index (χ1v) is 10.7. The summed E-state index contributed by atoms with van der Waals surface area (Å²) in [4.78, 5) is 26.0. The highest BCUT2D eigenvalue weighted by Gasteiger charge is 2.62. The van der Waals surface area contributed by atoms with E-state index in [4.69, 9.17) is 4.74 Å². The fourth-order valence-electron chi connectivity index (χ4n) is 7.05. The van der Waals surface area contributed by atoms with E-state index in [1.54, 1.807) is 10.9 Å². The molecular weight excluding hydrogens is 354 g/mol. The van der Waals surface area contributed by atoms with E-state index in [9.17, 15) is 9.59 Å². The Morgan fingerprint density at radius 3 is 2.39 bits per heavy atom. The van der Waals surface area contributed by atoms with Crippen LogP contribution in [0.15, 0.2) is 6.20 Å². The number of esters is 1. The van der Waals surface area contributed by atoms with Gasteiger partial charge in [-0.3, -0.25) is 9.48 Å². The highest BCUT2D eigenvalue weighted by molar-refractivity contribution is 6.02. The molecule has 6 nitrogen and oxygen atoms in total. The molecule has 2 unspecified atom stereocenters. The van der Waals surface area contributed by atoms with E-state index >= 15 is 0 Å². The number of carbonyl (C=O) groups is 2. The number of hydrogen-bond acceptors (Lipinski definition) is 4. The molecule has 0 aliphatic heterocycles. The fourth-order valence-corrected chi connectivity index (χ4v) is 7.05. The van der Waals surface area contributed by atoms with Crippen LogP contribution in [0.3, 0.4) is 0 Å². The summed E-state index contributed by atoms with van der Waals surface area (Å²) in [6, 6.07) is 0. The van der Waals surface area contributed by atoms with E-state index in [2.05, 4.69) is 24.3 Å². The van der Waals surface area contributed by atoms with Crippen molar-refractivity contribution in [1.82, 2.24) is 9.78 Å². The van der Waals surface area contributed by atoms with E-state index in [-0.39, 0.29) is 34.0 Å². The number of amides is 1. The van der Waals surface area contributed by atoms with Crippen LogP contribution in [0.5, 0.6) is 0 Å². The Morgan fingerprint density at radius 2 is 1.86 bits per heavy atom. The summed E-state index contributed by atoms with van der Waals surface area (Å²) in [6.07, 6.45) is 8.11. The van der Waals surface area contributed by atoms with Crippen LogP contribution < -0.4 is 5.32 Å². The zero-order valence-electron chi connectivity index (χ0n) is 17.8. The highest BCUT2D eigenvalue weighted by Crippen LogP contribution is 2.69. The number of aromatic nitrogens is 2. The van der Waals surface area contributed by atoms with E-state index in [0.717, 1.165) is 19.3 Å². The van der Waals surface area contributed by atoms with E-state index in [1.165, 1.54) is 19.3 Å². The van der Waals surface area contributed by atoms with Crippen LogP contribution >= 0.6 is 0 Å². The maximum Gasteiger partial charge on any atom is 0.361 e. The second-order valence-corrected chi connectivity index (χ2v) is 10.6. The van der Waals surface area contributed by atoms with Crippen molar-refractivity contribution in [3.05, 3.63) is 11.9 Å². The van der Waals surface area contributed by atoms with Gasteiger partial charge < -0.3 is 10.1 Å². The van der Waals surface area contributed by atoms with E-state index in [1.807, 2.05) is 20.8 Å². The number of aryl methyl sites for hydroxylation is 1. The van der Waals surface area contributed by atoms with Gasteiger partial charge in [-0.15, -0.1) is 0 Å². The molecule has 1 amide bonds. The lowest BCUT2D eigenvalue weighted by Crippen LogP contribution is -2.58. The minimum Gasteiger partial charge on any atom is -0.458 e. The van der Waals surface area contributed by atoms with E-state index in [0.29, 0.717) is 18.2 Å². The summed E-state index contributed by atoms with van der Waals surface area (Å²) < 4.78 is 7.01. The zero-order valence-corrected chi connectivity index (χ0v) is 17.8. The van der Waals surface area contributed by atoms with Crippen molar-refractivity contribution in [2.75, 3.05) is 5.32 Å². The lowest BCUT2D eigenvalue weighted by atomic mass is 9.40. The summed E-state index contributed by atoms with van der Waals surface area (Å²) in [5.74, 6) is 0.214. The molecule has 0 radical (unpaired) electrons. The lowest BCUT2D eigenvalue weighted by Gasteiger charge is -2.64. The molecule has 4 saturated carbocycles. The second kappa shape index (κ2) is 6.33. The molecular formula is C22H33N3O3. The molecule has 5 rings (SSSR count). The van der Waals surface area contributed by atoms with Gasteiger partial charge in [0.1, 0.15) is 0 Å². The fraction of sp³-hybridized carbons (Fsp3) is 0.773. The number of hydrogen-bond donors (Lipinski definition) is 1. The highest BCUT2D eigenvalue weighted by atomic mass is 16.5. The minimum absolute atomic E-state index is 0.0586. The number of rotatable bonds is 5. The van der Waals surface area contributed by atoms with Crippen molar-refractivity contribution in [3.63, 3.8) is 0 Å². The zero-order chi connectivity index (χ0) is 20.3. The number of anilines is 1. The Morgan fingerprint density at radius 1 is 1.21 bits per heavy atom. The molecule has 0 spiro atoms. The van der Waals surface area contributed by atoms with Crippen LogP contribution in [0.2, 0.25) is 0 Å². The third kappa shape index (κ3) is 3.25. The maximum absolute atomic E-state index is 13.5. The predicted octanol–water partition coefficient (Wildman–Crippen LogP) is 4.40. The van der Waals surface area contributed by atoms with Crippen LogP contribution in [-0.2, 0) is 16.1 Å². The smallest absolute Gasteiger partial charge is 0.361 e. The molecule has 4 atom stereocenters. The van der Waals surface area contributed by atoms with Crippen LogP contribution in [-0.4, -0.2) is 27.8 Å². The van der Waals surface area contributed by atoms with Gasteiger partial charge >= 0.3 is 5.97 Å². The number of nitrogens with zero attached hydrogens (tertiary/aromatic N) is 2. The maximum atomic E-state index is 13.5. The Balaban J connectivity index is 1.61. The molecule has 1 N–H and O–H groups in total. The summed E-state index contributed by atoms with van der Waals surface area (Å²) in [5, 5.41) is 7.42. The lowest BCUT2D eigenvalue weighted by molar-refractivity contribution is -0.165. The topological polar surface area (TPSA) is 73.2 Å². The van der Waals surface area contributed by atoms with Gasteiger partial charge in [0.05, 0.1) is 17.2 Å². The molecule has 4 aliphatic carbocycles. The van der Waals surface area contributed by atoms with Gasteiger partial charge in [0.15, 0.2) is 5.69 Å². The molecule has 0 aromatic carbocycles. The largest absolute Gasteiger partial charge is 0.458 e. The van der Waals surface area contributed by atoms with Crippen molar-refractivity contribution in [2.45, 2.75) is 85.8 Å². The van der Waals surface area contributed by atoms with Gasteiger partial charge in [-0.1, -0.05) is 13.8 Å². The number of carbonyl (C=O) groups excluding carboxylic acids is 2. The third-order valence-electron chi connectivity index (χ3n) is 6.98. The normalized spacial score (nSPS) is 36.0. The standard InChI is InChI=1S/C22H33N3O3/c1-6-25-10-16(17(24-25)18(26)28-14(2)3)23-19(27)22-9-15-7-20(4,12-22)11-21(5,8-15)13-22/h10,14-15H,6-9,11-13H2,1-5H3,(H,23,27)/t15?,20-,21+,22?. The van der Waals surface area contributed by atoms with Gasteiger partial charge in [0.25, 0.3) is 0 Å². The molecule has 28 heavy (non-hydrogen) atoms.